The quantitative estimate of drug-likeness (QED) is 0.310. The van der Waals surface area contributed by atoms with Gasteiger partial charge in [0.05, 0.1) is 10.4 Å². The van der Waals surface area contributed by atoms with Gasteiger partial charge < -0.3 is 9.74 Å². The lowest BCUT2D eigenvalue weighted by Gasteiger charge is -2.36. The molecule has 0 aliphatic heterocycles. The van der Waals surface area contributed by atoms with Gasteiger partial charge in [0, 0.05) is 22.5 Å². The van der Waals surface area contributed by atoms with Gasteiger partial charge in [-0.3, -0.25) is 10.1 Å². The van der Waals surface area contributed by atoms with E-state index in [-0.39, 0.29) is 16.8 Å². The summed E-state index contributed by atoms with van der Waals surface area (Å²) < 4.78 is 7.12. The molecule has 0 radical (unpaired) electrons. The molecule has 2 aromatic rings. The van der Waals surface area contributed by atoms with E-state index in [1.54, 1.807) is 0 Å². The first kappa shape index (κ1) is 21.8. The number of aromatic nitrogens is 1. The van der Waals surface area contributed by atoms with Crippen molar-refractivity contribution < 1.29 is 9.35 Å². The van der Waals surface area contributed by atoms with E-state index in [0.29, 0.717) is 17.8 Å². The number of hydrogen-bond acceptors (Lipinski definition) is 5. The molecule has 0 aliphatic rings. The Morgan fingerprint density at radius 3 is 2.63 bits per heavy atom. The molecule has 6 nitrogen and oxygen atoms in total. The molecule has 1 aromatic carbocycles. The van der Waals surface area contributed by atoms with Crippen molar-refractivity contribution in [1.29, 1.82) is 0 Å². The van der Waals surface area contributed by atoms with Crippen LogP contribution in [-0.2, 0) is 4.43 Å². The lowest BCUT2D eigenvalue weighted by molar-refractivity contribution is -0.384. The van der Waals surface area contributed by atoms with Gasteiger partial charge in [0.25, 0.3) is 0 Å². The highest BCUT2D eigenvalue weighted by atomic mass is 79.9. The van der Waals surface area contributed by atoms with E-state index < -0.39 is 13.2 Å². The third-order valence-electron chi connectivity index (χ3n) is 5.22. The van der Waals surface area contributed by atoms with E-state index in [1.807, 2.05) is 25.1 Å². The van der Waals surface area contributed by atoms with Gasteiger partial charge in [-0.25, -0.2) is 4.98 Å². The number of halogens is 1. The normalized spacial score (nSPS) is 13.6. The highest BCUT2D eigenvalue weighted by molar-refractivity contribution is 9.10. The van der Waals surface area contributed by atoms with E-state index in [1.165, 1.54) is 6.20 Å². The SMILES string of the molecule is CC(CCO[Si](C)(C)C(C)(C)C)Nc1c([N+](=O)[O-])cnc2cc(Br)ccc12. The summed E-state index contributed by atoms with van der Waals surface area (Å²) in [6.45, 7) is 13.7. The van der Waals surface area contributed by atoms with Crippen LogP contribution < -0.4 is 5.32 Å². The average Bonchev–Trinajstić information content (AvgIpc) is 2.53. The predicted molar refractivity (Wildman–Crippen MR) is 117 cm³/mol. The molecule has 1 N–H and O–H groups in total. The number of fused-ring (bicyclic) bond motifs is 1. The Morgan fingerprint density at radius 1 is 1.37 bits per heavy atom. The average molecular weight is 454 g/mol. The van der Waals surface area contributed by atoms with Crippen LogP contribution in [0.25, 0.3) is 10.9 Å². The number of hydrogen-bond donors (Lipinski definition) is 1. The summed E-state index contributed by atoms with van der Waals surface area (Å²) in [7, 11) is -1.79. The van der Waals surface area contributed by atoms with Crippen LogP contribution in [0.1, 0.15) is 34.1 Å². The van der Waals surface area contributed by atoms with E-state index >= 15 is 0 Å². The third kappa shape index (κ3) is 5.27. The lowest BCUT2D eigenvalue weighted by atomic mass is 10.1. The number of nitrogens with one attached hydrogen (secondary N) is 1. The molecule has 148 valence electrons. The van der Waals surface area contributed by atoms with Crippen molar-refractivity contribution in [2.45, 2.75) is 58.3 Å². The first-order chi connectivity index (χ1) is 12.4. The fourth-order valence-corrected chi connectivity index (χ4v) is 3.88. The maximum atomic E-state index is 11.5. The Bertz CT molecular complexity index is 837. The molecule has 0 saturated heterocycles. The van der Waals surface area contributed by atoms with Crippen molar-refractivity contribution in [3.63, 3.8) is 0 Å². The summed E-state index contributed by atoms with van der Waals surface area (Å²) in [5.41, 5.74) is 1.21. The van der Waals surface area contributed by atoms with Crippen LogP contribution in [0.15, 0.2) is 28.9 Å². The second kappa shape index (κ2) is 8.24. The minimum atomic E-state index is -1.79. The van der Waals surface area contributed by atoms with Crippen LogP contribution in [0, 0.1) is 10.1 Å². The van der Waals surface area contributed by atoms with Crippen molar-refractivity contribution in [3.05, 3.63) is 39.0 Å². The first-order valence-electron chi connectivity index (χ1n) is 9.05. The first-order valence-corrected chi connectivity index (χ1v) is 12.8. The summed E-state index contributed by atoms with van der Waals surface area (Å²) in [5.74, 6) is 0. The number of pyridine rings is 1. The fourth-order valence-electron chi connectivity index (χ4n) is 2.47. The molecule has 1 aromatic heterocycles. The summed E-state index contributed by atoms with van der Waals surface area (Å²) in [4.78, 5) is 15.3. The highest BCUT2D eigenvalue weighted by Gasteiger charge is 2.37. The molecular formula is C19H28BrN3O3Si. The standard InChI is InChI=1S/C19H28BrN3O3Si/c1-13(9-10-26-27(5,6)19(2,3)4)22-18-15-8-7-14(20)11-16(15)21-12-17(18)23(24)25/h7-8,11-13H,9-10H2,1-6H3,(H,21,22). The van der Waals surface area contributed by atoms with Crippen molar-refractivity contribution in [2.24, 2.45) is 0 Å². The van der Waals surface area contributed by atoms with Crippen molar-refractivity contribution in [3.8, 4) is 0 Å². The summed E-state index contributed by atoms with van der Waals surface area (Å²) in [5, 5.41) is 15.7. The fraction of sp³-hybridized carbons (Fsp3) is 0.526. The van der Waals surface area contributed by atoms with Crippen molar-refractivity contribution in [2.75, 3.05) is 11.9 Å². The Balaban J connectivity index is 2.17. The van der Waals surface area contributed by atoms with Crippen LogP contribution in [-0.4, -0.2) is 30.9 Å². The minimum absolute atomic E-state index is 0.0120. The second-order valence-electron chi connectivity index (χ2n) is 8.38. The molecule has 27 heavy (non-hydrogen) atoms. The highest BCUT2D eigenvalue weighted by Crippen LogP contribution is 2.37. The van der Waals surface area contributed by atoms with Crippen LogP contribution in [0.2, 0.25) is 18.1 Å². The molecule has 8 heteroatoms. The third-order valence-corrected chi connectivity index (χ3v) is 10.3. The van der Waals surface area contributed by atoms with Gasteiger partial charge in [0.1, 0.15) is 11.9 Å². The van der Waals surface area contributed by atoms with Gasteiger partial charge >= 0.3 is 5.69 Å². The van der Waals surface area contributed by atoms with Crippen LogP contribution >= 0.6 is 15.9 Å². The van der Waals surface area contributed by atoms with E-state index in [9.17, 15) is 10.1 Å². The van der Waals surface area contributed by atoms with Gasteiger partial charge in [-0.1, -0.05) is 36.7 Å². The van der Waals surface area contributed by atoms with Crippen LogP contribution in [0.3, 0.4) is 0 Å². The number of anilines is 1. The number of nitrogens with zero attached hydrogens (tertiary/aromatic N) is 2. The Kier molecular flexibility index (Phi) is 6.65. The summed E-state index contributed by atoms with van der Waals surface area (Å²) in [6.07, 6.45) is 2.08. The van der Waals surface area contributed by atoms with Gasteiger partial charge in [-0.05, 0) is 49.7 Å². The molecule has 0 amide bonds. The molecule has 0 saturated carbocycles. The lowest BCUT2D eigenvalue weighted by Crippen LogP contribution is -2.41. The largest absolute Gasteiger partial charge is 0.417 e. The predicted octanol–water partition coefficient (Wildman–Crippen LogP) is 6.12. The van der Waals surface area contributed by atoms with Crippen LogP contribution in [0.4, 0.5) is 11.4 Å². The topological polar surface area (TPSA) is 77.3 Å². The van der Waals surface area contributed by atoms with E-state index in [4.69, 9.17) is 4.43 Å². The molecule has 0 fully saturated rings. The van der Waals surface area contributed by atoms with Gasteiger partial charge in [0.15, 0.2) is 8.32 Å². The molecule has 0 spiro atoms. The molecular weight excluding hydrogens is 426 g/mol. The zero-order valence-electron chi connectivity index (χ0n) is 16.8. The summed E-state index contributed by atoms with van der Waals surface area (Å²) in [6, 6.07) is 5.60. The maximum absolute atomic E-state index is 11.5. The minimum Gasteiger partial charge on any atom is -0.417 e. The molecule has 1 atom stereocenters. The number of benzene rings is 1. The number of nitro groups is 1. The van der Waals surface area contributed by atoms with E-state index in [0.717, 1.165) is 16.3 Å². The smallest absolute Gasteiger partial charge is 0.311 e. The number of rotatable bonds is 7. The van der Waals surface area contributed by atoms with Gasteiger partial charge in [-0.2, -0.15) is 0 Å². The Labute approximate surface area is 170 Å². The molecule has 0 aliphatic carbocycles. The Morgan fingerprint density at radius 2 is 2.04 bits per heavy atom. The molecule has 1 unspecified atom stereocenters. The zero-order valence-corrected chi connectivity index (χ0v) is 19.4. The van der Waals surface area contributed by atoms with E-state index in [2.05, 4.69) is 60.1 Å². The van der Waals surface area contributed by atoms with Crippen molar-refractivity contribution in [1.82, 2.24) is 4.98 Å². The van der Waals surface area contributed by atoms with Gasteiger partial charge in [0.2, 0.25) is 0 Å². The van der Waals surface area contributed by atoms with Gasteiger partial charge in [-0.15, -0.1) is 0 Å². The van der Waals surface area contributed by atoms with Crippen molar-refractivity contribution >= 4 is 46.5 Å². The summed E-state index contributed by atoms with van der Waals surface area (Å²) >= 11 is 3.42. The van der Waals surface area contributed by atoms with Crippen LogP contribution in [0.5, 0.6) is 0 Å². The zero-order chi connectivity index (χ0) is 20.4. The molecule has 0 bridgehead atoms. The second-order valence-corrected chi connectivity index (χ2v) is 14.1. The molecule has 2 rings (SSSR count). The monoisotopic (exact) mass is 453 g/mol. The Hall–Kier alpha value is -1.51. The molecule has 1 heterocycles. The maximum Gasteiger partial charge on any atom is 0.311 e.